The number of fused-ring (bicyclic) bond motifs is 1. The summed E-state index contributed by atoms with van der Waals surface area (Å²) >= 11 is 1.01. The smallest absolute Gasteiger partial charge is 0.248 e. The van der Waals surface area contributed by atoms with Crippen molar-refractivity contribution >= 4 is 29.3 Å². The zero-order valence-electron chi connectivity index (χ0n) is 13.3. The number of allylic oxidation sites excluding steroid dienone is 1. The van der Waals surface area contributed by atoms with Crippen LogP contribution in [0.15, 0.2) is 57.7 Å². The average molecular weight is 369 g/mol. The highest BCUT2D eigenvalue weighted by Crippen LogP contribution is 2.50. The molecule has 2 aromatic rings. The van der Waals surface area contributed by atoms with Crippen molar-refractivity contribution in [2.45, 2.75) is 11.2 Å². The summed E-state index contributed by atoms with van der Waals surface area (Å²) in [5.74, 6) is -2.50. The number of furan rings is 1. The zero-order valence-corrected chi connectivity index (χ0v) is 14.1. The van der Waals surface area contributed by atoms with Crippen molar-refractivity contribution in [2.75, 3.05) is 4.90 Å². The molecule has 1 aromatic heterocycles. The third-order valence-electron chi connectivity index (χ3n) is 4.54. The number of nitriles is 1. The van der Waals surface area contributed by atoms with Gasteiger partial charge in [0, 0.05) is 0 Å². The van der Waals surface area contributed by atoms with Gasteiger partial charge in [0.05, 0.1) is 40.5 Å². The monoisotopic (exact) mass is 369 g/mol. The molecule has 3 unspecified atom stereocenters. The van der Waals surface area contributed by atoms with E-state index in [1.807, 2.05) is 6.07 Å². The first-order chi connectivity index (χ1) is 12.5. The lowest BCUT2D eigenvalue weighted by Crippen LogP contribution is -2.33. The molecule has 2 aliphatic heterocycles. The molecule has 3 heterocycles. The first kappa shape index (κ1) is 16.4. The number of imide groups is 1. The highest BCUT2D eigenvalue weighted by atomic mass is 32.2. The molecule has 0 radical (unpaired) electrons. The van der Waals surface area contributed by atoms with Crippen LogP contribution < -0.4 is 10.6 Å². The highest BCUT2D eigenvalue weighted by molar-refractivity contribution is 8.04. The van der Waals surface area contributed by atoms with Crippen molar-refractivity contribution in [2.24, 2.45) is 11.7 Å². The molecule has 0 saturated carbocycles. The Morgan fingerprint density at radius 1 is 1.19 bits per heavy atom. The summed E-state index contributed by atoms with van der Waals surface area (Å²) in [4.78, 5) is 27.0. The fourth-order valence-corrected chi connectivity index (χ4v) is 4.60. The molecule has 6 nitrogen and oxygen atoms in total. The molecule has 0 spiro atoms. The number of amides is 2. The number of hydrogen-bond donors (Lipinski definition) is 1. The van der Waals surface area contributed by atoms with E-state index >= 15 is 0 Å². The molecule has 130 valence electrons. The molecule has 0 aliphatic carbocycles. The largest absolute Gasteiger partial charge is 0.469 e. The molecule has 2 N–H and O–H groups in total. The van der Waals surface area contributed by atoms with E-state index in [9.17, 15) is 19.2 Å². The molecule has 4 rings (SSSR count). The lowest BCUT2D eigenvalue weighted by molar-refractivity contribution is -0.122. The van der Waals surface area contributed by atoms with E-state index in [2.05, 4.69) is 0 Å². The molecule has 3 atom stereocenters. The van der Waals surface area contributed by atoms with Gasteiger partial charge in [0.1, 0.15) is 16.8 Å². The highest BCUT2D eigenvalue weighted by Gasteiger charge is 2.56. The van der Waals surface area contributed by atoms with Crippen LogP contribution in [0.2, 0.25) is 0 Å². The van der Waals surface area contributed by atoms with Gasteiger partial charge < -0.3 is 10.2 Å². The Balaban J connectivity index is 1.82. The maximum Gasteiger partial charge on any atom is 0.248 e. The van der Waals surface area contributed by atoms with Crippen molar-refractivity contribution in [3.05, 3.63) is 64.8 Å². The van der Waals surface area contributed by atoms with Crippen LogP contribution in [0.4, 0.5) is 10.1 Å². The predicted octanol–water partition coefficient (Wildman–Crippen LogP) is 2.50. The topological polar surface area (TPSA) is 100 Å². The van der Waals surface area contributed by atoms with E-state index in [0.29, 0.717) is 5.76 Å². The van der Waals surface area contributed by atoms with Gasteiger partial charge in [-0.25, -0.2) is 9.29 Å². The Morgan fingerprint density at radius 2 is 1.92 bits per heavy atom. The third-order valence-corrected chi connectivity index (χ3v) is 5.76. The Kier molecular flexibility index (Phi) is 3.81. The first-order valence-corrected chi connectivity index (χ1v) is 8.64. The van der Waals surface area contributed by atoms with Crippen LogP contribution in [0.3, 0.4) is 0 Å². The summed E-state index contributed by atoms with van der Waals surface area (Å²) in [6.45, 7) is 0. The molecule has 2 amide bonds. The van der Waals surface area contributed by atoms with Crippen molar-refractivity contribution in [1.29, 1.82) is 5.26 Å². The molecule has 8 heteroatoms. The van der Waals surface area contributed by atoms with Crippen LogP contribution >= 0.6 is 11.8 Å². The normalized spacial score (nSPS) is 25.4. The molecule has 1 aromatic carbocycles. The number of carbonyl (C=O) groups excluding carboxylic acids is 2. The number of thioether (sulfide) groups is 1. The van der Waals surface area contributed by atoms with Gasteiger partial charge in [-0.1, -0.05) is 11.8 Å². The maximum atomic E-state index is 13.2. The van der Waals surface area contributed by atoms with E-state index in [1.165, 1.54) is 30.5 Å². The van der Waals surface area contributed by atoms with Gasteiger partial charge in [-0.3, -0.25) is 9.59 Å². The summed E-state index contributed by atoms with van der Waals surface area (Å²) < 4.78 is 18.6. The lowest BCUT2D eigenvalue weighted by atomic mass is 9.82. The van der Waals surface area contributed by atoms with Gasteiger partial charge in [-0.05, 0) is 36.4 Å². The van der Waals surface area contributed by atoms with Crippen molar-refractivity contribution in [1.82, 2.24) is 0 Å². The standard InChI is InChI=1S/C18H12FN3O3S/c19-9-3-5-10(6-4-9)22-17(23)14-13(12-2-1-7-25-12)11(8-20)16(21)26-15(14)18(22)24/h1-7,13-15H,21H2. The van der Waals surface area contributed by atoms with Crippen molar-refractivity contribution in [3.63, 3.8) is 0 Å². The number of anilines is 1. The number of hydrogen-bond acceptors (Lipinski definition) is 6. The van der Waals surface area contributed by atoms with E-state index in [4.69, 9.17) is 10.2 Å². The van der Waals surface area contributed by atoms with Crippen LogP contribution in [0.5, 0.6) is 0 Å². The number of rotatable bonds is 2. The Morgan fingerprint density at radius 3 is 2.54 bits per heavy atom. The van der Waals surface area contributed by atoms with Gasteiger partial charge >= 0.3 is 0 Å². The van der Waals surface area contributed by atoms with E-state index in [-0.39, 0.29) is 16.3 Å². The molecule has 26 heavy (non-hydrogen) atoms. The fourth-order valence-electron chi connectivity index (χ4n) is 3.40. The van der Waals surface area contributed by atoms with E-state index < -0.39 is 34.7 Å². The summed E-state index contributed by atoms with van der Waals surface area (Å²) in [7, 11) is 0. The zero-order chi connectivity index (χ0) is 18.4. The molecule has 1 fully saturated rings. The number of benzene rings is 1. The minimum Gasteiger partial charge on any atom is -0.469 e. The quantitative estimate of drug-likeness (QED) is 0.817. The number of halogens is 1. The number of nitrogens with zero attached hydrogens (tertiary/aromatic N) is 2. The van der Waals surface area contributed by atoms with Gasteiger partial charge in [-0.15, -0.1) is 0 Å². The average Bonchev–Trinajstić information content (AvgIpc) is 3.23. The SMILES string of the molecule is N#CC1=C(N)SC2C(=O)N(c3ccc(F)cc3)C(=O)C2C1c1ccco1. The second-order valence-corrected chi connectivity index (χ2v) is 7.12. The predicted molar refractivity (Wildman–Crippen MR) is 92.0 cm³/mol. The minimum absolute atomic E-state index is 0.206. The summed E-state index contributed by atoms with van der Waals surface area (Å²) in [5, 5.41) is 8.96. The third kappa shape index (κ3) is 2.32. The van der Waals surface area contributed by atoms with Crippen LogP contribution in [0.1, 0.15) is 11.7 Å². The number of nitrogens with two attached hydrogens (primary N) is 1. The summed E-state index contributed by atoms with van der Waals surface area (Å²) in [6, 6.07) is 10.5. The Labute approximate surface area is 152 Å². The Hall–Kier alpha value is -3.05. The lowest BCUT2D eigenvalue weighted by Gasteiger charge is -2.28. The van der Waals surface area contributed by atoms with Crippen LogP contribution in [-0.4, -0.2) is 17.1 Å². The molecule has 0 bridgehead atoms. The van der Waals surface area contributed by atoms with Crippen LogP contribution in [0, 0.1) is 23.1 Å². The maximum absolute atomic E-state index is 13.2. The van der Waals surface area contributed by atoms with Gasteiger partial charge in [0.2, 0.25) is 11.8 Å². The van der Waals surface area contributed by atoms with Crippen molar-refractivity contribution < 1.29 is 18.4 Å². The summed E-state index contributed by atoms with van der Waals surface area (Å²) in [6.07, 6.45) is 1.44. The first-order valence-electron chi connectivity index (χ1n) is 7.76. The van der Waals surface area contributed by atoms with E-state index in [0.717, 1.165) is 16.7 Å². The van der Waals surface area contributed by atoms with Crippen LogP contribution in [0.25, 0.3) is 0 Å². The van der Waals surface area contributed by atoms with Gasteiger partial charge in [0.15, 0.2) is 0 Å². The van der Waals surface area contributed by atoms with Gasteiger partial charge in [0.25, 0.3) is 0 Å². The van der Waals surface area contributed by atoms with Gasteiger partial charge in [-0.2, -0.15) is 5.26 Å². The minimum atomic E-state index is -0.814. The Bertz CT molecular complexity index is 963. The summed E-state index contributed by atoms with van der Waals surface area (Å²) in [5.41, 5.74) is 6.50. The second-order valence-electron chi connectivity index (χ2n) is 5.94. The molecule has 1 saturated heterocycles. The number of carbonyl (C=O) groups is 2. The fraction of sp³-hybridized carbons (Fsp3) is 0.167. The second kappa shape index (κ2) is 6.04. The molecular formula is C18H12FN3O3S. The molecule has 2 aliphatic rings. The van der Waals surface area contributed by atoms with E-state index in [1.54, 1.807) is 12.1 Å². The van der Waals surface area contributed by atoms with Crippen LogP contribution in [-0.2, 0) is 9.59 Å². The van der Waals surface area contributed by atoms with Crippen molar-refractivity contribution in [3.8, 4) is 6.07 Å². The molecular weight excluding hydrogens is 357 g/mol.